The molecule has 17 heavy (non-hydrogen) atoms. The summed E-state index contributed by atoms with van der Waals surface area (Å²) in [5, 5.41) is 4.61. The number of thioether (sulfide) groups is 2. The summed E-state index contributed by atoms with van der Waals surface area (Å²) < 4.78 is 0. The van der Waals surface area contributed by atoms with Crippen molar-refractivity contribution in [3.05, 3.63) is 23.9 Å². The molecule has 0 bridgehead atoms. The van der Waals surface area contributed by atoms with E-state index in [4.69, 9.17) is 5.73 Å². The van der Waals surface area contributed by atoms with E-state index >= 15 is 0 Å². The second kappa shape index (κ2) is 5.98. The molecule has 1 aromatic rings. The highest BCUT2D eigenvalue weighted by Gasteiger charge is 2.31. The smallest absolute Gasteiger partial charge is 0.128 e. The van der Waals surface area contributed by atoms with Crippen molar-refractivity contribution >= 4 is 29.3 Å². The average Bonchev–Trinajstić information content (AvgIpc) is 2.34. The molecule has 0 aromatic carbocycles. The number of hydrogen-bond donors (Lipinski definition) is 2. The Morgan fingerprint density at radius 3 is 2.88 bits per heavy atom. The van der Waals surface area contributed by atoms with Crippen LogP contribution < -0.4 is 11.1 Å². The third-order valence-corrected chi connectivity index (χ3v) is 6.28. The van der Waals surface area contributed by atoms with Gasteiger partial charge >= 0.3 is 0 Å². The van der Waals surface area contributed by atoms with Crippen LogP contribution in [0.5, 0.6) is 0 Å². The molecule has 1 aliphatic rings. The zero-order chi connectivity index (χ0) is 12.3. The van der Waals surface area contributed by atoms with Gasteiger partial charge in [-0.15, -0.1) is 0 Å². The van der Waals surface area contributed by atoms with E-state index in [1.807, 2.05) is 36.6 Å². The fourth-order valence-corrected chi connectivity index (χ4v) is 5.18. The zero-order valence-corrected chi connectivity index (χ0v) is 11.9. The Bertz CT molecular complexity index is 373. The van der Waals surface area contributed by atoms with Gasteiger partial charge in [0.05, 0.1) is 0 Å². The van der Waals surface area contributed by atoms with E-state index in [1.54, 1.807) is 6.20 Å². The van der Waals surface area contributed by atoms with E-state index in [0.717, 1.165) is 5.56 Å². The van der Waals surface area contributed by atoms with Gasteiger partial charge in [0.2, 0.25) is 0 Å². The van der Waals surface area contributed by atoms with E-state index in [1.165, 1.54) is 11.5 Å². The highest BCUT2D eigenvalue weighted by Crippen LogP contribution is 2.39. The van der Waals surface area contributed by atoms with Crippen LogP contribution in [-0.4, -0.2) is 34.0 Å². The number of aromatic nitrogens is 1. The van der Waals surface area contributed by atoms with Crippen molar-refractivity contribution in [2.75, 3.05) is 24.3 Å². The van der Waals surface area contributed by atoms with Crippen LogP contribution in [0.25, 0.3) is 0 Å². The monoisotopic (exact) mass is 269 g/mol. The topological polar surface area (TPSA) is 50.9 Å². The third-order valence-electron chi connectivity index (χ3n) is 3.08. The number of nitrogen functional groups attached to an aromatic ring is 1. The van der Waals surface area contributed by atoms with Crippen LogP contribution in [0.15, 0.2) is 18.3 Å². The first-order valence-electron chi connectivity index (χ1n) is 5.85. The number of hydrogen-bond acceptors (Lipinski definition) is 5. The third kappa shape index (κ3) is 2.89. The van der Waals surface area contributed by atoms with Crippen LogP contribution in [0, 0.1) is 0 Å². The van der Waals surface area contributed by atoms with Crippen LogP contribution >= 0.6 is 23.5 Å². The molecule has 1 fully saturated rings. The van der Waals surface area contributed by atoms with E-state index < -0.39 is 0 Å². The molecule has 2 heterocycles. The molecule has 1 aliphatic heterocycles. The van der Waals surface area contributed by atoms with Crippen molar-refractivity contribution in [1.29, 1.82) is 0 Å². The summed E-state index contributed by atoms with van der Waals surface area (Å²) in [4.78, 5) is 4.19. The van der Waals surface area contributed by atoms with Crippen molar-refractivity contribution in [2.45, 2.75) is 23.5 Å². The van der Waals surface area contributed by atoms with Gasteiger partial charge in [0.25, 0.3) is 0 Å². The van der Waals surface area contributed by atoms with E-state index in [2.05, 4.69) is 23.3 Å². The predicted molar refractivity (Wildman–Crippen MR) is 78.6 cm³/mol. The minimum Gasteiger partial charge on any atom is -0.383 e. The summed E-state index contributed by atoms with van der Waals surface area (Å²) in [5.41, 5.74) is 7.11. The normalized spacial score (nSPS) is 26.7. The van der Waals surface area contributed by atoms with Gasteiger partial charge in [0, 0.05) is 39.8 Å². The molecule has 0 aliphatic carbocycles. The Labute approximate surface area is 111 Å². The van der Waals surface area contributed by atoms with Gasteiger partial charge in [-0.25, -0.2) is 4.98 Å². The Morgan fingerprint density at radius 1 is 1.47 bits per heavy atom. The van der Waals surface area contributed by atoms with Crippen LogP contribution in [0.4, 0.5) is 5.82 Å². The first-order valence-corrected chi connectivity index (χ1v) is 7.94. The second-order valence-corrected chi connectivity index (χ2v) is 6.93. The molecule has 0 saturated carbocycles. The molecule has 0 spiro atoms. The van der Waals surface area contributed by atoms with Gasteiger partial charge in [0.15, 0.2) is 0 Å². The molecule has 94 valence electrons. The lowest BCUT2D eigenvalue weighted by molar-refractivity contribution is 0.561. The molecule has 2 rings (SSSR count). The molecule has 0 amide bonds. The lowest BCUT2D eigenvalue weighted by Crippen LogP contribution is -2.36. The van der Waals surface area contributed by atoms with Crippen LogP contribution in [0.2, 0.25) is 0 Å². The molecule has 3 N–H and O–H groups in total. The fraction of sp³-hybridized carbons (Fsp3) is 0.583. The zero-order valence-electron chi connectivity index (χ0n) is 10.2. The maximum absolute atomic E-state index is 5.98. The van der Waals surface area contributed by atoms with Gasteiger partial charge in [-0.3, -0.25) is 0 Å². The van der Waals surface area contributed by atoms with Crippen molar-refractivity contribution in [2.24, 2.45) is 0 Å². The van der Waals surface area contributed by atoms with Gasteiger partial charge in [0.1, 0.15) is 5.82 Å². The minimum absolute atomic E-state index is 0.288. The highest BCUT2D eigenvalue weighted by molar-refractivity contribution is 8.07. The highest BCUT2D eigenvalue weighted by atomic mass is 32.2. The molecule has 0 radical (unpaired) electrons. The summed E-state index contributed by atoms with van der Waals surface area (Å²) in [6.45, 7) is 2.30. The van der Waals surface area contributed by atoms with E-state index in [0.29, 0.717) is 16.3 Å². The van der Waals surface area contributed by atoms with Crippen LogP contribution in [-0.2, 0) is 0 Å². The van der Waals surface area contributed by atoms with E-state index in [9.17, 15) is 0 Å². The fourth-order valence-electron chi connectivity index (χ4n) is 2.21. The number of pyridine rings is 1. The van der Waals surface area contributed by atoms with Gasteiger partial charge in [-0.2, -0.15) is 23.5 Å². The average molecular weight is 269 g/mol. The summed E-state index contributed by atoms with van der Waals surface area (Å²) in [6.07, 6.45) is 1.75. The molecule has 3 unspecified atom stereocenters. The quantitative estimate of drug-likeness (QED) is 0.880. The molecule has 1 saturated heterocycles. The van der Waals surface area contributed by atoms with Crippen molar-refractivity contribution in [3.8, 4) is 0 Å². The molecule has 3 atom stereocenters. The summed E-state index contributed by atoms with van der Waals surface area (Å²) in [6, 6.07) is 4.33. The van der Waals surface area contributed by atoms with Crippen LogP contribution in [0.3, 0.4) is 0 Å². The molecule has 3 nitrogen and oxygen atoms in total. The first-order chi connectivity index (χ1) is 8.24. The lowest BCUT2D eigenvalue weighted by atomic mass is 10.0. The van der Waals surface area contributed by atoms with Gasteiger partial charge in [-0.1, -0.05) is 13.0 Å². The maximum Gasteiger partial charge on any atom is 0.128 e. The van der Waals surface area contributed by atoms with Crippen molar-refractivity contribution in [1.82, 2.24) is 10.3 Å². The van der Waals surface area contributed by atoms with Crippen LogP contribution in [0.1, 0.15) is 18.5 Å². The Morgan fingerprint density at radius 2 is 2.24 bits per heavy atom. The summed E-state index contributed by atoms with van der Waals surface area (Å²) in [5.74, 6) is 3.12. The predicted octanol–water partition coefficient (Wildman–Crippen LogP) is 2.16. The van der Waals surface area contributed by atoms with E-state index in [-0.39, 0.29) is 6.04 Å². The molecule has 1 aromatic heterocycles. The number of nitrogens with one attached hydrogen (secondary N) is 1. The summed E-state index contributed by atoms with van der Waals surface area (Å²) in [7, 11) is 2.00. The maximum atomic E-state index is 5.98. The number of nitrogens with two attached hydrogens (primary N) is 1. The SMILES string of the molecule is CNC(c1cccnc1N)C1SCCSC1C. The van der Waals surface area contributed by atoms with Gasteiger partial charge in [-0.05, 0) is 13.1 Å². The molecular formula is C12H19N3S2. The Hall–Kier alpha value is -0.390. The van der Waals surface area contributed by atoms with Gasteiger partial charge < -0.3 is 11.1 Å². The Balaban J connectivity index is 2.23. The standard InChI is InChI=1S/C12H19N3S2/c1-8-11(17-7-6-16-8)10(14-2)9-4-3-5-15-12(9)13/h3-5,8,10-11,14H,6-7H2,1-2H3,(H2,13,15). The summed E-state index contributed by atoms with van der Waals surface area (Å²) >= 11 is 4.09. The van der Waals surface area contributed by atoms with Crippen molar-refractivity contribution < 1.29 is 0 Å². The Kier molecular flexibility index (Phi) is 4.59. The number of anilines is 1. The molecular weight excluding hydrogens is 250 g/mol. The molecule has 5 heteroatoms. The van der Waals surface area contributed by atoms with Crippen molar-refractivity contribution in [3.63, 3.8) is 0 Å². The largest absolute Gasteiger partial charge is 0.383 e. The minimum atomic E-state index is 0.288. The lowest BCUT2D eigenvalue weighted by Gasteiger charge is -2.34. The first kappa shape index (κ1) is 13.1. The number of nitrogens with zero attached hydrogens (tertiary/aromatic N) is 1. The number of rotatable bonds is 3. The second-order valence-electron chi connectivity index (χ2n) is 4.16.